The van der Waals surface area contributed by atoms with Gasteiger partial charge in [0, 0.05) is 41.7 Å². The monoisotopic (exact) mass is 396 g/mol. The zero-order valence-corrected chi connectivity index (χ0v) is 17.2. The van der Waals surface area contributed by atoms with Crippen molar-refractivity contribution in [3.8, 4) is 28.6 Å². The van der Waals surface area contributed by atoms with Gasteiger partial charge in [-0.3, -0.25) is 4.90 Å². The molecular weight excluding hydrogens is 372 g/mol. The lowest BCUT2D eigenvalue weighted by Crippen LogP contribution is -2.25. The van der Waals surface area contributed by atoms with Gasteiger partial charge in [-0.25, -0.2) is 4.98 Å². The van der Waals surface area contributed by atoms with E-state index >= 15 is 0 Å². The van der Waals surface area contributed by atoms with E-state index < -0.39 is 0 Å². The molecule has 0 amide bonds. The van der Waals surface area contributed by atoms with Crippen LogP contribution in [0.25, 0.3) is 11.3 Å². The van der Waals surface area contributed by atoms with Crippen molar-refractivity contribution in [2.24, 2.45) is 0 Å². The number of nitrogens with zero attached hydrogens (tertiary/aromatic N) is 2. The predicted molar refractivity (Wildman–Crippen MR) is 111 cm³/mol. The van der Waals surface area contributed by atoms with Gasteiger partial charge in [0.15, 0.2) is 11.5 Å². The molecule has 3 heterocycles. The van der Waals surface area contributed by atoms with Crippen LogP contribution in [0.1, 0.15) is 16.0 Å². The normalized spacial score (nSPS) is 14.1. The maximum absolute atomic E-state index is 6.08. The maximum atomic E-state index is 6.08. The van der Waals surface area contributed by atoms with Gasteiger partial charge in [0.05, 0.1) is 19.9 Å². The molecular formula is C22H24N2O3S. The molecule has 0 bridgehead atoms. The van der Waals surface area contributed by atoms with Crippen LogP contribution in [0.15, 0.2) is 41.8 Å². The molecule has 0 aliphatic carbocycles. The summed E-state index contributed by atoms with van der Waals surface area (Å²) in [7, 11) is 3.31. The largest absolute Gasteiger partial charge is 0.493 e. The van der Waals surface area contributed by atoms with E-state index in [0.717, 1.165) is 48.0 Å². The molecule has 2 aromatic heterocycles. The molecule has 3 aromatic rings. The number of benzene rings is 1. The van der Waals surface area contributed by atoms with Crippen molar-refractivity contribution < 1.29 is 14.2 Å². The average molecular weight is 397 g/mol. The number of rotatable bonds is 5. The van der Waals surface area contributed by atoms with Gasteiger partial charge in [0.1, 0.15) is 6.61 Å². The molecule has 0 saturated heterocycles. The number of ether oxygens (including phenoxy) is 3. The van der Waals surface area contributed by atoms with Crippen molar-refractivity contribution in [3.63, 3.8) is 0 Å². The van der Waals surface area contributed by atoms with Gasteiger partial charge in [-0.1, -0.05) is 6.07 Å². The SMILES string of the molecule is COc1cccc(-c2cc3c(c(OC)c2)OCCN(Cc2sccc2C)C3)n1. The fourth-order valence-electron chi connectivity index (χ4n) is 3.43. The molecule has 0 saturated carbocycles. The number of methoxy groups -OCH3 is 2. The summed E-state index contributed by atoms with van der Waals surface area (Å²) in [6.07, 6.45) is 0. The van der Waals surface area contributed by atoms with Crippen molar-refractivity contribution in [2.75, 3.05) is 27.4 Å². The number of aromatic nitrogens is 1. The first kappa shape index (κ1) is 18.8. The minimum absolute atomic E-state index is 0.595. The summed E-state index contributed by atoms with van der Waals surface area (Å²) >= 11 is 1.81. The van der Waals surface area contributed by atoms with Gasteiger partial charge in [0.2, 0.25) is 5.88 Å². The lowest BCUT2D eigenvalue weighted by molar-refractivity contribution is 0.218. The third-order valence-corrected chi connectivity index (χ3v) is 5.97. The molecule has 0 radical (unpaired) electrons. The summed E-state index contributed by atoms with van der Waals surface area (Å²) in [5.74, 6) is 2.17. The van der Waals surface area contributed by atoms with E-state index in [-0.39, 0.29) is 0 Å². The third kappa shape index (κ3) is 3.84. The van der Waals surface area contributed by atoms with Crippen molar-refractivity contribution in [3.05, 3.63) is 57.8 Å². The van der Waals surface area contributed by atoms with Crippen LogP contribution < -0.4 is 14.2 Å². The van der Waals surface area contributed by atoms with E-state index in [4.69, 9.17) is 14.2 Å². The fourth-order valence-corrected chi connectivity index (χ4v) is 4.38. The van der Waals surface area contributed by atoms with E-state index in [1.54, 1.807) is 14.2 Å². The van der Waals surface area contributed by atoms with Crippen LogP contribution in [0.3, 0.4) is 0 Å². The molecule has 146 valence electrons. The second kappa shape index (κ2) is 8.20. The molecule has 0 N–H and O–H groups in total. The van der Waals surface area contributed by atoms with Crippen molar-refractivity contribution >= 4 is 11.3 Å². The summed E-state index contributed by atoms with van der Waals surface area (Å²) in [5, 5.41) is 2.16. The van der Waals surface area contributed by atoms with Crippen LogP contribution in [0.2, 0.25) is 0 Å². The minimum atomic E-state index is 0.595. The van der Waals surface area contributed by atoms with E-state index in [0.29, 0.717) is 12.5 Å². The Morgan fingerprint density at radius 3 is 2.82 bits per heavy atom. The number of fused-ring (bicyclic) bond motifs is 1. The molecule has 0 atom stereocenters. The second-order valence-corrected chi connectivity index (χ2v) is 7.82. The Kier molecular flexibility index (Phi) is 5.50. The second-order valence-electron chi connectivity index (χ2n) is 6.82. The van der Waals surface area contributed by atoms with Crippen LogP contribution in [0.5, 0.6) is 17.4 Å². The Bertz CT molecular complexity index is 970. The van der Waals surface area contributed by atoms with Gasteiger partial charge in [-0.05, 0) is 42.1 Å². The molecule has 0 spiro atoms. The Morgan fingerprint density at radius 1 is 1.18 bits per heavy atom. The smallest absolute Gasteiger partial charge is 0.213 e. The highest BCUT2D eigenvalue weighted by molar-refractivity contribution is 7.10. The van der Waals surface area contributed by atoms with E-state index in [2.05, 4.69) is 34.3 Å². The summed E-state index contributed by atoms with van der Waals surface area (Å²) in [6, 6.07) is 12.1. The first-order chi connectivity index (χ1) is 13.7. The minimum Gasteiger partial charge on any atom is -0.493 e. The van der Waals surface area contributed by atoms with Crippen LogP contribution in [0.4, 0.5) is 0 Å². The molecule has 1 aliphatic heterocycles. The Hall–Kier alpha value is -2.57. The molecule has 0 unspecified atom stereocenters. The molecule has 0 fully saturated rings. The van der Waals surface area contributed by atoms with Gasteiger partial charge in [-0.2, -0.15) is 0 Å². The zero-order chi connectivity index (χ0) is 19.5. The molecule has 5 nitrogen and oxygen atoms in total. The Morgan fingerprint density at radius 2 is 2.07 bits per heavy atom. The summed E-state index contributed by atoms with van der Waals surface area (Å²) < 4.78 is 17.0. The van der Waals surface area contributed by atoms with Crippen molar-refractivity contribution in [1.82, 2.24) is 9.88 Å². The maximum Gasteiger partial charge on any atom is 0.213 e. The van der Waals surface area contributed by atoms with Crippen molar-refractivity contribution in [1.29, 1.82) is 0 Å². The molecule has 1 aromatic carbocycles. The highest BCUT2D eigenvalue weighted by atomic mass is 32.1. The first-order valence-electron chi connectivity index (χ1n) is 9.28. The number of pyridine rings is 1. The summed E-state index contributed by atoms with van der Waals surface area (Å²) in [6.45, 7) is 5.42. The van der Waals surface area contributed by atoms with Gasteiger partial charge < -0.3 is 14.2 Å². The standard InChI is InChI=1S/C22H24N2O3S/c1-15-7-10-28-20(15)14-24-8-9-27-22-17(13-24)11-16(12-19(22)25-2)18-5-4-6-21(23-18)26-3/h4-7,10-12H,8-9,13-14H2,1-3H3. The van der Waals surface area contributed by atoms with E-state index in [1.165, 1.54) is 10.4 Å². The predicted octanol–water partition coefficient (Wildman–Crippen LogP) is 4.53. The van der Waals surface area contributed by atoms with Gasteiger partial charge in [0.25, 0.3) is 0 Å². The molecule has 28 heavy (non-hydrogen) atoms. The first-order valence-corrected chi connectivity index (χ1v) is 10.2. The molecule has 4 rings (SSSR count). The molecule has 6 heteroatoms. The number of hydrogen-bond acceptors (Lipinski definition) is 6. The lowest BCUT2D eigenvalue weighted by Gasteiger charge is -2.19. The number of thiophene rings is 1. The van der Waals surface area contributed by atoms with Crippen molar-refractivity contribution in [2.45, 2.75) is 20.0 Å². The van der Waals surface area contributed by atoms with E-state index in [1.807, 2.05) is 35.6 Å². The van der Waals surface area contributed by atoms with Gasteiger partial charge in [-0.15, -0.1) is 11.3 Å². The Labute approximate surface area is 169 Å². The highest BCUT2D eigenvalue weighted by Gasteiger charge is 2.21. The quantitative estimate of drug-likeness (QED) is 0.634. The number of aryl methyl sites for hydroxylation is 1. The van der Waals surface area contributed by atoms with Crippen LogP contribution >= 0.6 is 11.3 Å². The van der Waals surface area contributed by atoms with E-state index in [9.17, 15) is 0 Å². The Balaban J connectivity index is 1.69. The molecule has 1 aliphatic rings. The fraction of sp³-hybridized carbons (Fsp3) is 0.318. The van der Waals surface area contributed by atoms with Crippen LogP contribution in [0, 0.1) is 6.92 Å². The zero-order valence-electron chi connectivity index (χ0n) is 16.4. The van der Waals surface area contributed by atoms with Gasteiger partial charge >= 0.3 is 0 Å². The summed E-state index contributed by atoms with van der Waals surface area (Å²) in [4.78, 5) is 8.40. The third-order valence-electron chi connectivity index (χ3n) is 4.96. The van der Waals surface area contributed by atoms with Crippen LogP contribution in [-0.2, 0) is 13.1 Å². The average Bonchev–Trinajstić information content (AvgIpc) is 3.00. The summed E-state index contributed by atoms with van der Waals surface area (Å²) in [5.41, 5.74) is 4.31. The lowest BCUT2D eigenvalue weighted by atomic mass is 10.0. The topological polar surface area (TPSA) is 43.8 Å². The van der Waals surface area contributed by atoms with Crippen LogP contribution in [-0.4, -0.2) is 37.3 Å². The highest BCUT2D eigenvalue weighted by Crippen LogP contribution is 2.38. The number of hydrogen-bond donors (Lipinski definition) is 0.